The molecule has 7 heteroatoms. The molecule has 122 valence electrons. The van der Waals surface area contributed by atoms with E-state index >= 15 is 0 Å². The molecule has 1 N–H and O–H groups in total. The van der Waals surface area contributed by atoms with Crippen LogP contribution in [0.5, 0.6) is 0 Å². The maximum atomic E-state index is 12.7. The molecule has 1 aliphatic rings. The summed E-state index contributed by atoms with van der Waals surface area (Å²) in [7, 11) is 0. The van der Waals surface area contributed by atoms with E-state index in [1.807, 2.05) is 6.92 Å². The molecule has 2 heterocycles. The first-order valence-electron chi connectivity index (χ1n) is 7.73. The summed E-state index contributed by atoms with van der Waals surface area (Å²) in [5, 5.41) is 11.8. The van der Waals surface area contributed by atoms with Gasteiger partial charge in [-0.25, -0.2) is 0 Å². The summed E-state index contributed by atoms with van der Waals surface area (Å²) in [6.07, 6.45) is 0.960. The molecule has 1 atom stereocenters. The molecule has 0 saturated carbocycles. The molecule has 1 unspecified atom stereocenters. The zero-order chi connectivity index (χ0) is 16.4. The maximum Gasteiger partial charge on any atom is 0.293 e. The highest BCUT2D eigenvalue weighted by Gasteiger charge is 2.24. The van der Waals surface area contributed by atoms with E-state index in [0.29, 0.717) is 42.2 Å². The van der Waals surface area contributed by atoms with Gasteiger partial charge in [-0.1, -0.05) is 12.1 Å². The summed E-state index contributed by atoms with van der Waals surface area (Å²) in [4.78, 5) is 28.0. The lowest BCUT2D eigenvalue weighted by Gasteiger charge is -2.23. The van der Waals surface area contributed by atoms with Crippen molar-refractivity contribution in [2.24, 2.45) is 5.92 Å². The maximum absolute atomic E-state index is 12.7. The Morgan fingerprint density at radius 1 is 1.52 bits per heavy atom. The van der Waals surface area contributed by atoms with Crippen LogP contribution in [0.1, 0.15) is 23.8 Å². The molecule has 1 fully saturated rings. The quantitative estimate of drug-likeness (QED) is 0.678. The zero-order valence-corrected chi connectivity index (χ0v) is 12.9. The van der Waals surface area contributed by atoms with Crippen molar-refractivity contribution >= 4 is 22.5 Å². The summed E-state index contributed by atoms with van der Waals surface area (Å²) < 4.78 is 5.36. The summed E-state index contributed by atoms with van der Waals surface area (Å²) in [6.45, 7) is 4.59. The van der Waals surface area contributed by atoms with E-state index in [1.165, 1.54) is 6.07 Å². The van der Waals surface area contributed by atoms with Crippen LogP contribution in [0.15, 0.2) is 24.3 Å². The first-order chi connectivity index (χ1) is 11.1. The van der Waals surface area contributed by atoms with Crippen molar-refractivity contribution in [3.05, 3.63) is 40.1 Å². The van der Waals surface area contributed by atoms with Crippen LogP contribution in [-0.4, -0.2) is 47.0 Å². The van der Waals surface area contributed by atoms with Crippen LogP contribution in [-0.2, 0) is 4.74 Å². The number of amides is 1. The van der Waals surface area contributed by atoms with Crippen molar-refractivity contribution in [3.8, 4) is 0 Å². The number of nitro benzene ring substituents is 1. The van der Waals surface area contributed by atoms with Crippen molar-refractivity contribution in [3.63, 3.8) is 0 Å². The predicted octanol–water partition coefficient (Wildman–Crippen LogP) is 2.57. The summed E-state index contributed by atoms with van der Waals surface area (Å²) >= 11 is 0. The number of nitrogens with one attached hydrogen (secondary N) is 1. The largest absolute Gasteiger partial charge is 0.381 e. The summed E-state index contributed by atoms with van der Waals surface area (Å²) in [6, 6.07) is 6.49. The van der Waals surface area contributed by atoms with E-state index in [2.05, 4.69) is 4.98 Å². The Balaban J connectivity index is 1.87. The molecule has 7 nitrogen and oxygen atoms in total. The number of non-ortho nitro benzene ring substituents is 1. The van der Waals surface area contributed by atoms with Crippen LogP contribution in [0.25, 0.3) is 10.9 Å². The molecule has 1 saturated heterocycles. The molecule has 1 aliphatic heterocycles. The van der Waals surface area contributed by atoms with Crippen LogP contribution < -0.4 is 0 Å². The zero-order valence-electron chi connectivity index (χ0n) is 12.9. The molecule has 0 radical (unpaired) electrons. The highest BCUT2D eigenvalue weighted by molar-refractivity contribution is 6.00. The fraction of sp³-hybridized carbons (Fsp3) is 0.438. The molecule has 3 rings (SSSR count). The van der Waals surface area contributed by atoms with Gasteiger partial charge in [0.15, 0.2) is 0 Å². The van der Waals surface area contributed by atoms with Crippen molar-refractivity contribution in [2.45, 2.75) is 13.3 Å². The van der Waals surface area contributed by atoms with Gasteiger partial charge < -0.3 is 14.6 Å². The van der Waals surface area contributed by atoms with E-state index in [1.54, 1.807) is 23.1 Å². The second kappa shape index (κ2) is 6.37. The van der Waals surface area contributed by atoms with Gasteiger partial charge in [0, 0.05) is 37.1 Å². The number of H-pyrrole nitrogens is 1. The van der Waals surface area contributed by atoms with Crippen molar-refractivity contribution in [1.82, 2.24) is 9.88 Å². The number of para-hydroxylation sites is 1. The van der Waals surface area contributed by atoms with Crippen molar-refractivity contribution in [1.29, 1.82) is 0 Å². The van der Waals surface area contributed by atoms with Crippen LogP contribution in [0.3, 0.4) is 0 Å². The minimum absolute atomic E-state index is 0.0196. The third-order valence-electron chi connectivity index (χ3n) is 4.23. The summed E-state index contributed by atoms with van der Waals surface area (Å²) in [5.41, 5.74) is 0.755. The van der Waals surface area contributed by atoms with Gasteiger partial charge in [0.25, 0.3) is 11.6 Å². The Labute approximate surface area is 133 Å². The van der Waals surface area contributed by atoms with Gasteiger partial charge in [-0.15, -0.1) is 0 Å². The van der Waals surface area contributed by atoms with E-state index < -0.39 is 4.92 Å². The number of ether oxygens (including phenoxy) is 1. The first kappa shape index (κ1) is 15.5. The number of nitrogens with zero attached hydrogens (tertiary/aromatic N) is 2. The topological polar surface area (TPSA) is 88.5 Å². The third kappa shape index (κ3) is 3.05. The molecule has 0 aliphatic carbocycles. The summed E-state index contributed by atoms with van der Waals surface area (Å²) in [5.74, 6) is 0.225. The van der Waals surface area contributed by atoms with E-state index in [4.69, 9.17) is 4.74 Å². The number of aromatic amines is 1. The molecule has 0 bridgehead atoms. The molecule has 1 aromatic carbocycles. The SMILES string of the molecule is CCN(CC1CCOC1)C(=O)c1cc2cccc([N+](=O)[O-])c2[nH]1. The average Bonchev–Trinajstić information content (AvgIpc) is 3.20. The van der Waals surface area contributed by atoms with E-state index in [-0.39, 0.29) is 11.6 Å². The number of hydrogen-bond acceptors (Lipinski definition) is 4. The standard InChI is InChI=1S/C16H19N3O4/c1-2-18(9-11-6-7-23-10-11)16(20)13-8-12-4-3-5-14(19(21)22)15(12)17-13/h3-5,8,11,17H,2,6-7,9-10H2,1H3. The van der Waals surface area contributed by atoms with Gasteiger partial charge in [0.2, 0.25) is 0 Å². The van der Waals surface area contributed by atoms with Crippen LogP contribution in [0.4, 0.5) is 5.69 Å². The van der Waals surface area contributed by atoms with Gasteiger partial charge in [0.05, 0.1) is 11.5 Å². The first-order valence-corrected chi connectivity index (χ1v) is 7.73. The number of benzene rings is 1. The lowest BCUT2D eigenvalue weighted by Crippen LogP contribution is -2.35. The van der Waals surface area contributed by atoms with Gasteiger partial charge in [-0.3, -0.25) is 14.9 Å². The molecule has 2 aromatic rings. The Morgan fingerprint density at radius 3 is 3.00 bits per heavy atom. The minimum Gasteiger partial charge on any atom is -0.381 e. The fourth-order valence-electron chi connectivity index (χ4n) is 2.97. The van der Waals surface area contributed by atoms with Gasteiger partial charge in [-0.05, 0) is 19.4 Å². The third-order valence-corrected chi connectivity index (χ3v) is 4.23. The van der Waals surface area contributed by atoms with E-state index in [0.717, 1.165) is 13.0 Å². The number of hydrogen-bond donors (Lipinski definition) is 1. The normalized spacial score (nSPS) is 17.5. The van der Waals surface area contributed by atoms with Crippen LogP contribution >= 0.6 is 0 Å². The lowest BCUT2D eigenvalue weighted by atomic mass is 10.1. The molecule has 1 aromatic heterocycles. The Bertz CT molecular complexity index is 734. The monoisotopic (exact) mass is 317 g/mol. The minimum atomic E-state index is -0.444. The average molecular weight is 317 g/mol. The van der Waals surface area contributed by atoms with Crippen LogP contribution in [0, 0.1) is 16.0 Å². The second-order valence-electron chi connectivity index (χ2n) is 5.75. The Kier molecular flexibility index (Phi) is 4.29. The van der Waals surface area contributed by atoms with Crippen molar-refractivity contribution in [2.75, 3.05) is 26.3 Å². The molecule has 1 amide bonds. The Hall–Kier alpha value is -2.41. The molecular formula is C16H19N3O4. The number of carbonyl (C=O) groups excluding carboxylic acids is 1. The van der Waals surface area contributed by atoms with Crippen LogP contribution in [0.2, 0.25) is 0 Å². The highest BCUT2D eigenvalue weighted by Crippen LogP contribution is 2.26. The Morgan fingerprint density at radius 2 is 2.35 bits per heavy atom. The van der Waals surface area contributed by atoms with Gasteiger partial charge in [-0.2, -0.15) is 0 Å². The highest BCUT2D eigenvalue weighted by atomic mass is 16.6. The van der Waals surface area contributed by atoms with Gasteiger partial charge in [0.1, 0.15) is 11.2 Å². The van der Waals surface area contributed by atoms with Crippen molar-refractivity contribution < 1.29 is 14.5 Å². The van der Waals surface area contributed by atoms with Gasteiger partial charge >= 0.3 is 0 Å². The molecule has 0 spiro atoms. The number of rotatable bonds is 5. The molecule has 23 heavy (non-hydrogen) atoms. The second-order valence-corrected chi connectivity index (χ2v) is 5.75. The number of aromatic nitrogens is 1. The smallest absolute Gasteiger partial charge is 0.293 e. The number of carbonyl (C=O) groups is 1. The predicted molar refractivity (Wildman–Crippen MR) is 85.5 cm³/mol. The lowest BCUT2D eigenvalue weighted by molar-refractivity contribution is -0.383. The fourth-order valence-corrected chi connectivity index (χ4v) is 2.97. The number of fused-ring (bicyclic) bond motifs is 1. The van der Waals surface area contributed by atoms with E-state index in [9.17, 15) is 14.9 Å². The number of nitro groups is 1. The molecular weight excluding hydrogens is 298 g/mol.